The molecule has 1 saturated heterocycles. The maximum absolute atomic E-state index is 2.68. The predicted molar refractivity (Wildman–Crippen MR) is 58.2 cm³/mol. The molecule has 3 rings (SSSR count). The topological polar surface area (TPSA) is 6.48 Å². The zero-order valence-corrected chi connectivity index (χ0v) is 8.82. The summed E-state index contributed by atoms with van der Waals surface area (Å²) in [6.07, 6.45) is 10.6. The van der Waals surface area contributed by atoms with Gasteiger partial charge < -0.3 is 4.90 Å². The van der Waals surface area contributed by atoms with Gasteiger partial charge in [-0.05, 0) is 13.5 Å². The maximum atomic E-state index is 2.68. The van der Waals surface area contributed by atoms with Gasteiger partial charge >= 0.3 is 0 Å². The molecular formula is C12H18N2. The van der Waals surface area contributed by atoms with E-state index >= 15 is 0 Å². The summed E-state index contributed by atoms with van der Waals surface area (Å²) in [6.45, 7) is 4.94. The Balaban J connectivity index is 1.72. The summed E-state index contributed by atoms with van der Waals surface area (Å²) in [5.74, 6) is 0.816. The number of fused-ring (bicyclic) bond motifs is 1. The Hall–Kier alpha value is -0.600. The van der Waals surface area contributed by atoms with Gasteiger partial charge in [0.15, 0.2) is 0 Å². The monoisotopic (exact) mass is 190 g/mol. The molecule has 3 aliphatic rings. The normalized spacial score (nSPS) is 42.5. The molecule has 0 aromatic rings. The van der Waals surface area contributed by atoms with E-state index in [0.29, 0.717) is 5.54 Å². The number of hydrogen-bond donors (Lipinski definition) is 0. The molecule has 14 heavy (non-hydrogen) atoms. The zero-order valence-electron chi connectivity index (χ0n) is 8.82. The molecule has 2 aliphatic carbocycles. The summed E-state index contributed by atoms with van der Waals surface area (Å²) in [6, 6.07) is 0. The van der Waals surface area contributed by atoms with Gasteiger partial charge in [-0.1, -0.05) is 24.3 Å². The highest BCUT2D eigenvalue weighted by atomic mass is 15.3. The minimum absolute atomic E-state index is 0.440. The van der Waals surface area contributed by atoms with Gasteiger partial charge in [-0.25, -0.2) is 0 Å². The van der Waals surface area contributed by atoms with Gasteiger partial charge in [0.2, 0.25) is 0 Å². The van der Waals surface area contributed by atoms with Crippen molar-refractivity contribution in [3.63, 3.8) is 0 Å². The van der Waals surface area contributed by atoms with Gasteiger partial charge in [0.05, 0.1) is 0 Å². The summed E-state index contributed by atoms with van der Waals surface area (Å²) < 4.78 is 0. The van der Waals surface area contributed by atoms with Crippen LogP contribution in [0.2, 0.25) is 0 Å². The summed E-state index contributed by atoms with van der Waals surface area (Å²) in [4.78, 5) is 5.10. The minimum atomic E-state index is 0.440. The molecule has 2 unspecified atom stereocenters. The fraction of sp³-hybridized carbons (Fsp3) is 0.667. The van der Waals surface area contributed by atoms with Crippen LogP contribution in [0.3, 0.4) is 0 Å². The van der Waals surface area contributed by atoms with Crippen LogP contribution in [0, 0.1) is 5.92 Å². The van der Waals surface area contributed by atoms with Crippen LogP contribution in [-0.4, -0.2) is 48.6 Å². The molecule has 0 N–H and O–H groups in total. The van der Waals surface area contributed by atoms with Gasteiger partial charge in [0.25, 0.3) is 0 Å². The Labute approximate surface area is 85.9 Å². The highest BCUT2D eigenvalue weighted by Gasteiger charge is 2.55. The second kappa shape index (κ2) is 2.94. The first-order valence-electron chi connectivity index (χ1n) is 5.61. The summed E-state index contributed by atoms with van der Waals surface area (Å²) in [5, 5.41) is 0. The second-order valence-electron chi connectivity index (χ2n) is 4.84. The molecule has 2 atom stereocenters. The summed E-state index contributed by atoms with van der Waals surface area (Å²) in [5.41, 5.74) is 0.440. The largest absolute Gasteiger partial charge is 0.304 e. The lowest BCUT2D eigenvalue weighted by Crippen LogP contribution is -2.50. The Morgan fingerprint density at radius 2 is 1.93 bits per heavy atom. The molecule has 1 saturated carbocycles. The molecule has 1 heterocycles. The van der Waals surface area contributed by atoms with Gasteiger partial charge in [-0.3, -0.25) is 4.90 Å². The van der Waals surface area contributed by atoms with Gasteiger partial charge in [0, 0.05) is 37.6 Å². The first kappa shape index (κ1) is 8.69. The Morgan fingerprint density at radius 1 is 1.14 bits per heavy atom. The zero-order chi connectivity index (χ0) is 9.60. The average molecular weight is 190 g/mol. The van der Waals surface area contributed by atoms with E-state index < -0.39 is 0 Å². The highest BCUT2D eigenvalue weighted by molar-refractivity contribution is 5.35. The van der Waals surface area contributed by atoms with Crippen LogP contribution >= 0.6 is 0 Å². The summed E-state index contributed by atoms with van der Waals surface area (Å²) >= 11 is 0. The standard InChI is InChI=1S/C12H18N2/c1-13-6-8-14(9-7-13)12-5-3-2-4-11(12)10-12/h2-5,11H,6-10H2,1H3. The molecule has 76 valence electrons. The van der Waals surface area contributed by atoms with E-state index in [0.717, 1.165) is 5.92 Å². The fourth-order valence-electron chi connectivity index (χ4n) is 2.83. The SMILES string of the molecule is CN1CCN(C23C=CC=CC2C3)CC1. The van der Waals surface area contributed by atoms with Crippen molar-refractivity contribution in [1.82, 2.24) is 9.80 Å². The molecule has 0 aromatic heterocycles. The summed E-state index contributed by atoms with van der Waals surface area (Å²) in [7, 11) is 2.22. The van der Waals surface area contributed by atoms with Crippen LogP contribution in [0.15, 0.2) is 24.3 Å². The highest BCUT2D eigenvalue weighted by Crippen LogP contribution is 2.52. The van der Waals surface area contributed by atoms with E-state index in [1.54, 1.807) is 0 Å². The van der Waals surface area contributed by atoms with E-state index in [1.807, 2.05) is 0 Å². The van der Waals surface area contributed by atoms with E-state index in [-0.39, 0.29) is 0 Å². The van der Waals surface area contributed by atoms with Crippen molar-refractivity contribution in [2.75, 3.05) is 33.2 Å². The first-order valence-corrected chi connectivity index (χ1v) is 5.61. The Kier molecular flexibility index (Phi) is 1.83. The lowest BCUT2D eigenvalue weighted by molar-refractivity contribution is 0.115. The minimum Gasteiger partial charge on any atom is -0.304 e. The molecular weight excluding hydrogens is 172 g/mol. The third-order valence-electron chi connectivity index (χ3n) is 3.96. The third kappa shape index (κ3) is 1.17. The molecule has 0 radical (unpaired) electrons. The molecule has 2 heteroatoms. The fourth-order valence-corrected chi connectivity index (χ4v) is 2.83. The van der Waals surface area contributed by atoms with E-state index in [9.17, 15) is 0 Å². The molecule has 0 bridgehead atoms. The van der Waals surface area contributed by atoms with E-state index in [4.69, 9.17) is 0 Å². The molecule has 0 spiro atoms. The Bertz CT molecular complexity index is 287. The lowest BCUT2D eigenvalue weighted by Gasteiger charge is -2.38. The quantitative estimate of drug-likeness (QED) is 0.611. The van der Waals surface area contributed by atoms with E-state index in [1.165, 1.54) is 32.6 Å². The predicted octanol–water partition coefficient (Wildman–Crippen LogP) is 1.12. The van der Waals surface area contributed by atoms with Crippen LogP contribution < -0.4 is 0 Å². The Morgan fingerprint density at radius 3 is 2.64 bits per heavy atom. The molecule has 2 nitrogen and oxygen atoms in total. The van der Waals surface area contributed by atoms with Gasteiger partial charge in [-0.2, -0.15) is 0 Å². The third-order valence-corrected chi connectivity index (χ3v) is 3.96. The van der Waals surface area contributed by atoms with E-state index in [2.05, 4.69) is 41.2 Å². The van der Waals surface area contributed by atoms with Crippen LogP contribution in [0.4, 0.5) is 0 Å². The number of piperazine rings is 1. The van der Waals surface area contributed by atoms with Crippen molar-refractivity contribution in [2.45, 2.75) is 12.0 Å². The molecule has 2 fully saturated rings. The van der Waals surface area contributed by atoms with Crippen molar-refractivity contribution >= 4 is 0 Å². The van der Waals surface area contributed by atoms with Crippen molar-refractivity contribution in [3.05, 3.63) is 24.3 Å². The van der Waals surface area contributed by atoms with Gasteiger partial charge in [-0.15, -0.1) is 0 Å². The number of allylic oxidation sites excluding steroid dienone is 2. The van der Waals surface area contributed by atoms with Crippen molar-refractivity contribution in [3.8, 4) is 0 Å². The lowest BCUT2D eigenvalue weighted by atomic mass is 10.1. The maximum Gasteiger partial charge on any atom is 0.0465 e. The number of likely N-dealkylation sites (N-methyl/N-ethyl adjacent to an activating group) is 1. The number of rotatable bonds is 1. The van der Waals surface area contributed by atoms with Crippen LogP contribution in [0.5, 0.6) is 0 Å². The van der Waals surface area contributed by atoms with Crippen LogP contribution in [0.25, 0.3) is 0 Å². The van der Waals surface area contributed by atoms with Crippen molar-refractivity contribution in [1.29, 1.82) is 0 Å². The number of nitrogens with zero attached hydrogens (tertiary/aromatic N) is 2. The van der Waals surface area contributed by atoms with Crippen molar-refractivity contribution in [2.24, 2.45) is 5.92 Å². The van der Waals surface area contributed by atoms with Crippen LogP contribution in [-0.2, 0) is 0 Å². The molecule has 0 amide bonds. The molecule has 0 aromatic carbocycles. The molecule has 1 aliphatic heterocycles. The first-order chi connectivity index (χ1) is 6.81. The smallest absolute Gasteiger partial charge is 0.0465 e. The van der Waals surface area contributed by atoms with Crippen LogP contribution in [0.1, 0.15) is 6.42 Å². The van der Waals surface area contributed by atoms with Crippen molar-refractivity contribution < 1.29 is 0 Å². The average Bonchev–Trinajstić information content (AvgIpc) is 2.94. The second-order valence-corrected chi connectivity index (χ2v) is 4.84. The number of hydrogen-bond acceptors (Lipinski definition) is 2. The van der Waals surface area contributed by atoms with Gasteiger partial charge in [0.1, 0.15) is 0 Å².